The second-order valence-corrected chi connectivity index (χ2v) is 6.07. The summed E-state index contributed by atoms with van der Waals surface area (Å²) < 4.78 is 1.90. The monoisotopic (exact) mass is 304 g/mol. The van der Waals surface area contributed by atoms with Gasteiger partial charge >= 0.3 is 0 Å². The Hall–Kier alpha value is -1.68. The van der Waals surface area contributed by atoms with E-state index in [9.17, 15) is 0 Å². The molecule has 0 amide bonds. The molecule has 0 radical (unpaired) electrons. The Morgan fingerprint density at radius 2 is 2.14 bits per heavy atom. The molecule has 0 bridgehead atoms. The summed E-state index contributed by atoms with van der Waals surface area (Å²) in [5.41, 5.74) is 12.7. The lowest BCUT2D eigenvalue weighted by Crippen LogP contribution is -2.21. The van der Waals surface area contributed by atoms with E-state index in [4.69, 9.17) is 17.3 Å². The second kappa shape index (κ2) is 5.26. The Labute approximate surface area is 130 Å². The zero-order valence-electron chi connectivity index (χ0n) is 12.8. The minimum absolute atomic E-state index is 0.776. The third-order valence-corrected chi connectivity index (χ3v) is 4.74. The fraction of sp³-hybridized carbons (Fsp3) is 0.438. The Morgan fingerprint density at radius 3 is 2.81 bits per heavy atom. The van der Waals surface area contributed by atoms with Crippen LogP contribution < -0.4 is 10.6 Å². The van der Waals surface area contributed by atoms with Crippen LogP contribution in [0.15, 0.2) is 12.1 Å². The highest BCUT2D eigenvalue weighted by Crippen LogP contribution is 2.34. The molecular weight excluding hydrogens is 284 g/mol. The predicted octanol–water partition coefficient (Wildman–Crippen LogP) is 3.09. The van der Waals surface area contributed by atoms with Gasteiger partial charge in [-0.25, -0.2) is 0 Å². The Kier molecular flexibility index (Phi) is 3.57. The van der Waals surface area contributed by atoms with E-state index in [0.717, 1.165) is 53.6 Å². The molecule has 1 aromatic carbocycles. The van der Waals surface area contributed by atoms with Gasteiger partial charge in [-0.15, -0.1) is 0 Å². The minimum atomic E-state index is 0.776. The molecule has 4 nitrogen and oxygen atoms in total. The van der Waals surface area contributed by atoms with Gasteiger partial charge in [-0.1, -0.05) is 24.6 Å². The van der Waals surface area contributed by atoms with Crippen LogP contribution in [0.4, 0.5) is 11.4 Å². The summed E-state index contributed by atoms with van der Waals surface area (Å²) in [5.74, 6) is 0. The number of aromatic nitrogens is 2. The molecule has 2 N–H and O–H groups in total. The number of benzene rings is 1. The number of nitrogens with zero attached hydrogens (tertiary/aromatic N) is 3. The standard InChI is InChI=1S/C16H21ClN4/c1-4-13-16(17)15(20(3)19-13)9-21-6-5-11-7-10(2)12(18)8-14(11)21/h7-8H,4-6,9,18H2,1-3H3. The number of halogens is 1. The van der Waals surface area contributed by atoms with Crippen molar-refractivity contribution in [2.24, 2.45) is 7.05 Å². The van der Waals surface area contributed by atoms with Crippen LogP contribution >= 0.6 is 11.6 Å². The molecule has 2 heterocycles. The van der Waals surface area contributed by atoms with Gasteiger partial charge < -0.3 is 10.6 Å². The van der Waals surface area contributed by atoms with E-state index >= 15 is 0 Å². The summed E-state index contributed by atoms with van der Waals surface area (Å²) >= 11 is 6.46. The van der Waals surface area contributed by atoms with Crippen LogP contribution in [0, 0.1) is 6.92 Å². The lowest BCUT2D eigenvalue weighted by molar-refractivity contribution is 0.680. The molecule has 0 unspecified atom stereocenters. The maximum absolute atomic E-state index is 6.46. The molecule has 3 rings (SSSR count). The summed E-state index contributed by atoms with van der Waals surface area (Å²) in [7, 11) is 1.96. The molecule has 0 atom stereocenters. The van der Waals surface area contributed by atoms with Gasteiger partial charge in [-0.3, -0.25) is 4.68 Å². The molecule has 1 aliphatic heterocycles. The van der Waals surface area contributed by atoms with Crippen molar-refractivity contribution in [3.05, 3.63) is 39.7 Å². The average molecular weight is 305 g/mol. The molecule has 112 valence electrons. The van der Waals surface area contributed by atoms with Gasteiger partial charge in [0, 0.05) is 25.0 Å². The normalized spacial score (nSPS) is 13.8. The molecule has 0 aliphatic carbocycles. The highest BCUT2D eigenvalue weighted by Gasteiger charge is 2.23. The van der Waals surface area contributed by atoms with Gasteiger partial charge in [0.2, 0.25) is 0 Å². The Morgan fingerprint density at radius 1 is 1.38 bits per heavy atom. The summed E-state index contributed by atoms with van der Waals surface area (Å²) in [5, 5.41) is 5.29. The van der Waals surface area contributed by atoms with Gasteiger partial charge in [0.1, 0.15) is 0 Å². The van der Waals surface area contributed by atoms with Crippen molar-refractivity contribution in [1.29, 1.82) is 0 Å². The zero-order chi connectivity index (χ0) is 15.1. The maximum atomic E-state index is 6.46. The van der Waals surface area contributed by atoms with Gasteiger partial charge in [0.15, 0.2) is 0 Å². The fourth-order valence-electron chi connectivity index (χ4n) is 2.98. The van der Waals surface area contributed by atoms with E-state index in [2.05, 4.69) is 36.0 Å². The van der Waals surface area contributed by atoms with Crippen molar-refractivity contribution in [2.75, 3.05) is 17.2 Å². The van der Waals surface area contributed by atoms with Crippen LogP contribution in [0.1, 0.15) is 29.4 Å². The minimum Gasteiger partial charge on any atom is -0.398 e. The third-order valence-electron chi connectivity index (χ3n) is 4.30. The molecule has 0 saturated carbocycles. The first-order chi connectivity index (χ1) is 10.0. The SMILES string of the molecule is CCc1nn(C)c(CN2CCc3cc(C)c(N)cc32)c1Cl. The van der Waals surface area contributed by atoms with Crippen molar-refractivity contribution in [3.63, 3.8) is 0 Å². The highest BCUT2D eigenvalue weighted by molar-refractivity contribution is 6.31. The van der Waals surface area contributed by atoms with E-state index in [-0.39, 0.29) is 0 Å². The summed E-state index contributed by atoms with van der Waals surface area (Å²) in [6.07, 6.45) is 1.92. The molecule has 0 saturated heterocycles. The third kappa shape index (κ3) is 2.38. The molecular formula is C16H21ClN4. The maximum Gasteiger partial charge on any atom is 0.0868 e. The van der Waals surface area contributed by atoms with Crippen LogP contribution in [0.2, 0.25) is 5.02 Å². The number of nitrogens with two attached hydrogens (primary N) is 1. The number of anilines is 2. The first kappa shape index (κ1) is 14.3. The van der Waals surface area contributed by atoms with E-state index in [0.29, 0.717) is 0 Å². The molecule has 0 spiro atoms. The fourth-order valence-corrected chi connectivity index (χ4v) is 3.33. The van der Waals surface area contributed by atoms with Crippen LogP contribution in [0.3, 0.4) is 0 Å². The zero-order valence-corrected chi connectivity index (χ0v) is 13.5. The first-order valence-corrected chi connectivity index (χ1v) is 7.73. The van der Waals surface area contributed by atoms with Gasteiger partial charge in [-0.2, -0.15) is 5.10 Å². The van der Waals surface area contributed by atoms with Crippen molar-refractivity contribution in [3.8, 4) is 0 Å². The molecule has 1 aromatic heterocycles. The lowest BCUT2D eigenvalue weighted by atomic mass is 10.1. The van der Waals surface area contributed by atoms with Gasteiger partial charge in [-0.05, 0) is 37.0 Å². The van der Waals surface area contributed by atoms with Gasteiger partial charge in [0.25, 0.3) is 0 Å². The van der Waals surface area contributed by atoms with Crippen LogP contribution in [-0.2, 0) is 26.4 Å². The average Bonchev–Trinajstić information content (AvgIpc) is 2.95. The number of nitrogen functional groups attached to an aromatic ring is 1. The van der Waals surface area contributed by atoms with Crippen LogP contribution in [0.5, 0.6) is 0 Å². The summed E-state index contributed by atoms with van der Waals surface area (Å²) in [4.78, 5) is 2.34. The summed E-state index contributed by atoms with van der Waals surface area (Å²) in [6, 6.07) is 4.29. The topological polar surface area (TPSA) is 47.1 Å². The quantitative estimate of drug-likeness (QED) is 0.886. The predicted molar refractivity (Wildman–Crippen MR) is 87.9 cm³/mol. The first-order valence-electron chi connectivity index (χ1n) is 7.35. The smallest absolute Gasteiger partial charge is 0.0868 e. The van der Waals surface area contributed by atoms with Crippen LogP contribution in [0.25, 0.3) is 0 Å². The number of aryl methyl sites for hydroxylation is 3. The Balaban J connectivity index is 1.92. The lowest BCUT2D eigenvalue weighted by Gasteiger charge is -2.20. The van der Waals surface area contributed by atoms with E-state index < -0.39 is 0 Å². The van der Waals surface area contributed by atoms with E-state index in [1.165, 1.54) is 11.3 Å². The molecule has 2 aromatic rings. The Bertz CT molecular complexity index is 690. The number of rotatable bonds is 3. The largest absolute Gasteiger partial charge is 0.398 e. The van der Waals surface area contributed by atoms with Crippen molar-refractivity contribution in [2.45, 2.75) is 33.2 Å². The van der Waals surface area contributed by atoms with Crippen LogP contribution in [-0.4, -0.2) is 16.3 Å². The second-order valence-electron chi connectivity index (χ2n) is 5.69. The van der Waals surface area contributed by atoms with Crippen molar-refractivity contribution >= 4 is 23.0 Å². The number of hydrogen-bond acceptors (Lipinski definition) is 3. The highest BCUT2D eigenvalue weighted by atomic mass is 35.5. The molecule has 1 aliphatic rings. The molecule has 5 heteroatoms. The summed E-state index contributed by atoms with van der Waals surface area (Å²) in [6.45, 7) is 5.91. The molecule has 21 heavy (non-hydrogen) atoms. The number of fused-ring (bicyclic) bond motifs is 1. The van der Waals surface area contributed by atoms with Crippen molar-refractivity contribution in [1.82, 2.24) is 9.78 Å². The number of hydrogen-bond donors (Lipinski definition) is 1. The van der Waals surface area contributed by atoms with Crippen molar-refractivity contribution < 1.29 is 0 Å². The van der Waals surface area contributed by atoms with Gasteiger partial charge in [0.05, 0.1) is 23.0 Å². The molecule has 0 fully saturated rings. The van der Waals surface area contributed by atoms with E-state index in [1.54, 1.807) is 0 Å². The van der Waals surface area contributed by atoms with E-state index in [1.807, 2.05) is 11.7 Å².